The predicted octanol–water partition coefficient (Wildman–Crippen LogP) is 3.19. The van der Waals surface area contributed by atoms with Crippen LogP contribution in [0, 0.1) is 11.8 Å². The molecule has 0 aliphatic carbocycles. The Balaban J connectivity index is 3.21. The molecule has 0 unspecified atom stereocenters. The van der Waals surface area contributed by atoms with E-state index >= 15 is 0 Å². The van der Waals surface area contributed by atoms with Crippen LogP contribution in [0.15, 0.2) is 29.2 Å². The quantitative estimate of drug-likeness (QED) is 0.727. The first kappa shape index (κ1) is 17.9. The van der Waals surface area contributed by atoms with E-state index in [2.05, 4.69) is 0 Å². The maximum atomic E-state index is 12.8. The van der Waals surface area contributed by atoms with Gasteiger partial charge in [-0.05, 0) is 30.9 Å². The van der Waals surface area contributed by atoms with E-state index in [0.717, 1.165) is 0 Å². The average molecular weight is 311 g/mol. The molecule has 0 radical (unpaired) electrons. The molecule has 1 aromatic carbocycles. The highest BCUT2D eigenvalue weighted by molar-refractivity contribution is 7.89. The Labute approximate surface area is 128 Å². The molecule has 0 atom stereocenters. The molecule has 0 aromatic heterocycles. The van der Waals surface area contributed by atoms with Crippen LogP contribution in [0.3, 0.4) is 0 Å². The SMILES string of the molecule is CC(=O)c1cccc(S(=O)(=O)N(CC(C)C)CC(C)C)c1. The molecule has 21 heavy (non-hydrogen) atoms. The fourth-order valence-corrected chi connectivity index (χ4v) is 3.92. The molecule has 0 N–H and O–H groups in total. The lowest BCUT2D eigenvalue weighted by molar-refractivity contribution is 0.101. The molecule has 0 fully saturated rings. The highest BCUT2D eigenvalue weighted by Gasteiger charge is 2.26. The molecule has 0 aliphatic heterocycles. The summed E-state index contributed by atoms with van der Waals surface area (Å²) < 4.78 is 27.1. The first-order chi connectivity index (χ1) is 9.64. The van der Waals surface area contributed by atoms with Crippen molar-refractivity contribution in [3.05, 3.63) is 29.8 Å². The smallest absolute Gasteiger partial charge is 0.243 e. The summed E-state index contributed by atoms with van der Waals surface area (Å²) in [5, 5.41) is 0. The topological polar surface area (TPSA) is 54.5 Å². The van der Waals surface area contributed by atoms with Gasteiger partial charge in [0.1, 0.15) is 0 Å². The first-order valence-electron chi connectivity index (χ1n) is 7.25. The van der Waals surface area contributed by atoms with Crippen molar-refractivity contribution in [3.8, 4) is 0 Å². The number of sulfonamides is 1. The maximum absolute atomic E-state index is 12.8. The standard InChI is InChI=1S/C16H25NO3S/c1-12(2)10-17(11-13(3)4)21(19,20)16-8-6-7-15(9-16)14(5)18/h6-9,12-13H,10-11H2,1-5H3. The van der Waals surface area contributed by atoms with Gasteiger partial charge in [0, 0.05) is 18.7 Å². The van der Waals surface area contributed by atoms with E-state index in [1.807, 2.05) is 27.7 Å². The molecular weight excluding hydrogens is 286 g/mol. The average Bonchev–Trinajstić information content (AvgIpc) is 2.37. The van der Waals surface area contributed by atoms with Crippen molar-refractivity contribution in [2.45, 2.75) is 39.5 Å². The summed E-state index contributed by atoms with van der Waals surface area (Å²) in [5.41, 5.74) is 0.421. The molecule has 0 saturated carbocycles. The fourth-order valence-electron chi connectivity index (χ4n) is 2.11. The third-order valence-electron chi connectivity index (χ3n) is 3.02. The predicted molar refractivity (Wildman–Crippen MR) is 84.9 cm³/mol. The summed E-state index contributed by atoms with van der Waals surface area (Å²) >= 11 is 0. The molecule has 0 saturated heterocycles. The molecule has 0 spiro atoms. The van der Waals surface area contributed by atoms with Gasteiger partial charge >= 0.3 is 0 Å². The van der Waals surface area contributed by atoms with Gasteiger partial charge in [0.05, 0.1) is 4.90 Å². The second kappa shape index (κ2) is 7.18. The number of carbonyl (C=O) groups excluding carboxylic acids is 1. The van der Waals surface area contributed by atoms with Crippen LogP contribution >= 0.6 is 0 Å². The number of Topliss-reactive ketones (excluding diaryl/α,β-unsaturated/α-hetero) is 1. The Kier molecular flexibility index (Phi) is 6.10. The van der Waals surface area contributed by atoms with Gasteiger partial charge in [-0.3, -0.25) is 4.79 Å². The first-order valence-corrected chi connectivity index (χ1v) is 8.69. The Hall–Kier alpha value is -1.20. The summed E-state index contributed by atoms with van der Waals surface area (Å²) in [6.07, 6.45) is 0. The van der Waals surface area contributed by atoms with Crippen LogP contribution in [0.25, 0.3) is 0 Å². The van der Waals surface area contributed by atoms with Crippen LogP contribution in [0.1, 0.15) is 45.0 Å². The van der Waals surface area contributed by atoms with E-state index in [1.54, 1.807) is 18.2 Å². The molecule has 0 aliphatic rings. The lowest BCUT2D eigenvalue weighted by Crippen LogP contribution is -2.37. The van der Waals surface area contributed by atoms with Crippen molar-refractivity contribution in [3.63, 3.8) is 0 Å². The Morgan fingerprint density at radius 2 is 1.62 bits per heavy atom. The number of hydrogen-bond donors (Lipinski definition) is 0. The molecule has 0 amide bonds. The van der Waals surface area contributed by atoms with E-state index in [-0.39, 0.29) is 22.5 Å². The van der Waals surface area contributed by atoms with Crippen molar-refractivity contribution in [2.24, 2.45) is 11.8 Å². The van der Waals surface area contributed by atoms with Crippen molar-refractivity contribution >= 4 is 15.8 Å². The van der Waals surface area contributed by atoms with Crippen LogP contribution < -0.4 is 0 Å². The molecule has 0 bridgehead atoms. The van der Waals surface area contributed by atoms with Crippen LogP contribution in [-0.4, -0.2) is 31.6 Å². The molecule has 1 rings (SSSR count). The summed E-state index contributed by atoms with van der Waals surface area (Å²) in [4.78, 5) is 11.6. The van der Waals surface area contributed by atoms with Gasteiger partial charge in [0.25, 0.3) is 0 Å². The van der Waals surface area contributed by atoms with Gasteiger partial charge < -0.3 is 0 Å². The van der Waals surface area contributed by atoms with Crippen molar-refractivity contribution in [1.29, 1.82) is 0 Å². The number of rotatable bonds is 7. The van der Waals surface area contributed by atoms with Crippen LogP contribution in [0.4, 0.5) is 0 Å². The number of benzene rings is 1. The van der Waals surface area contributed by atoms with E-state index in [1.165, 1.54) is 17.3 Å². The van der Waals surface area contributed by atoms with E-state index in [0.29, 0.717) is 18.7 Å². The van der Waals surface area contributed by atoms with Gasteiger partial charge in [0.15, 0.2) is 5.78 Å². The zero-order valence-electron chi connectivity index (χ0n) is 13.5. The van der Waals surface area contributed by atoms with Gasteiger partial charge in [-0.25, -0.2) is 8.42 Å². The number of hydrogen-bond acceptors (Lipinski definition) is 3. The minimum atomic E-state index is -3.57. The summed E-state index contributed by atoms with van der Waals surface area (Å²) in [5.74, 6) is 0.357. The highest BCUT2D eigenvalue weighted by atomic mass is 32.2. The summed E-state index contributed by atoms with van der Waals surface area (Å²) in [6.45, 7) is 10.4. The number of carbonyl (C=O) groups is 1. The molecule has 4 nitrogen and oxygen atoms in total. The summed E-state index contributed by atoms with van der Waals surface area (Å²) in [6, 6.07) is 6.27. The van der Waals surface area contributed by atoms with Crippen molar-refractivity contribution < 1.29 is 13.2 Å². The van der Waals surface area contributed by atoms with Gasteiger partial charge in [-0.15, -0.1) is 0 Å². The van der Waals surface area contributed by atoms with Crippen LogP contribution in [-0.2, 0) is 10.0 Å². The van der Waals surface area contributed by atoms with Crippen molar-refractivity contribution in [2.75, 3.05) is 13.1 Å². The third kappa shape index (κ3) is 4.93. The Morgan fingerprint density at radius 3 is 2.05 bits per heavy atom. The minimum absolute atomic E-state index is 0.133. The molecule has 1 aromatic rings. The Bertz CT molecular complexity index is 581. The normalized spacial score (nSPS) is 12.4. The monoisotopic (exact) mass is 311 g/mol. The fraction of sp³-hybridized carbons (Fsp3) is 0.562. The third-order valence-corrected chi connectivity index (χ3v) is 4.84. The summed E-state index contributed by atoms with van der Waals surface area (Å²) in [7, 11) is -3.57. The van der Waals surface area contributed by atoms with Crippen LogP contribution in [0.2, 0.25) is 0 Å². The van der Waals surface area contributed by atoms with E-state index in [4.69, 9.17) is 0 Å². The largest absolute Gasteiger partial charge is 0.295 e. The second-order valence-electron chi connectivity index (χ2n) is 6.19. The van der Waals surface area contributed by atoms with E-state index < -0.39 is 10.0 Å². The zero-order valence-corrected chi connectivity index (χ0v) is 14.3. The zero-order chi connectivity index (χ0) is 16.2. The molecule has 0 heterocycles. The van der Waals surface area contributed by atoms with Gasteiger partial charge in [-0.1, -0.05) is 39.8 Å². The molecule has 5 heteroatoms. The van der Waals surface area contributed by atoms with E-state index in [9.17, 15) is 13.2 Å². The minimum Gasteiger partial charge on any atom is -0.295 e. The second-order valence-corrected chi connectivity index (χ2v) is 8.13. The van der Waals surface area contributed by atoms with Crippen molar-refractivity contribution in [1.82, 2.24) is 4.31 Å². The van der Waals surface area contributed by atoms with Gasteiger partial charge in [0.2, 0.25) is 10.0 Å². The molecular formula is C16H25NO3S. The highest BCUT2D eigenvalue weighted by Crippen LogP contribution is 2.20. The number of ketones is 1. The maximum Gasteiger partial charge on any atom is 0.243 e. The lowest BCUT2D eigenvalue weighted by atomic mass is 10.2. The van der Waals surface area contributed by atoms with Crippen LogP contribution in [0.5, 0.6) is 0 Å². The molecule has 118 valence electrons. The van der Waals surface area contributed by atoms with Gasteiger partial charge in [-0.2, -0.15) is 4.31 Å². The number of nitrogens with zero attached hydrogens (tertiary/aromatic N) is 1. The lowest BCUT2D eigenvalue weighted by Gasteiger charge is -2.25. The Morgan fingerprint density at radius 1 is 1.10 bits per heavy atom.